The molecule has 6 heteroatoms. The van der Waals surface area contributed by atoms with Crippen molar-refractivity contribution in [3.05, 3.63) is 60.2 Å². The molecule has 24 heavy (non-hydrogen) atoms. The number of aryl methyl sites for hydroxylation is 1. The molecule has 0 N–H and O–H groups in total. The first kappa shape index (κ1) is 15.2. The van der Waals surface area contributed by atoms with Crippen LogP contribution in [0.2, 0.25) is 0 Å². The minimum Gasteiger partial charge on any atom is -0.288 e. The Labute approximate surface area is 141 Å². The van der Waals surface area contributed by atoms with Crippen LogP contribution in [0.3, 0.4) is 0 Å². The molecule has 2 heterocycles. The van der Waals surface area contributed by atoms with Crippen LogP contribution in [0.4, 0.5) is 16.2 Å². The van der Waals surface area contributed by atoms with E-state index in [2.05, 4.69) is 0 Å². The topological polar surface area (TPSA) is 57.7 Å². The number of hydrogen-bond donors (Lipinski definition) is 0. The smallest absolute Gasteiger partial charge is 0.288 e. The maximum atomic E-state index is 13.1. The second kappa shape index (κ2) is 5.34. The van der Waals surface area contributed by atoms with Gasteiger partial charge in [0.25, 0.3) is 0 Å². The number of benzene rings is 2. The van der Waals surface area contributed by atoms with E-state index in [-0.39, 0.29) is 29.6 Å². The first-order valence-corrected chi connectivity index (χ1v) is 9.73. The number of para-hydroxylation sites is 1. The van der Waals surface area contributed by atoms with E-state index in [1.807, 2.05) is 61.5 Å². The SMILES string of the molecule is Cc1ccc(N2C(=O)N(c3ccccc3)[C@H]3CS(=O)(=O)C[C@@H]32)cc1. The quantitative estimate of drug-likeness (QED) is 0.788. The Kier molecular flexibility index (Phi) is 3.38. The van der Waals surface area contributed by atoms with Gasteiger partial charge in [-0.3, -0.25) is 9.80 Å². The summed E-state index contributed by atoms with van der Waals surface area (Å²) in [4.78, 5) is 16.3. The summed E-state index contributed by atoms with van der Waals surface area (Å²) < 4.78 is 24.4. The van der Waals surface area contributed by atoms with Crippen molar-refractivity contribution in [3.8, 4) is 0 Å². The standard InChI is InChI=1S/C18H18N2O3S/c1-13-7-9-15(10-8-13)20-17-12-24(22,23)11-16(17)19(18(20)21)14-5-3-2-4-6-14/h2-10,16-17H,11-12H2,1H3/t16-,17-/m0/s1. The lowest BCUT2D eigenvalue weighted by Crippen LogP contribution is -2.37. The molecule has 2 amide bonds. The van der Waals surface area contributed by atoms with Gasteiger partial charge in [0.2, 0.25) is 0 Å². The van der Waals surface area contributed by atoms with E-state index in [0.29, 0.717) is 0 Å². The van der Waals surface area contributed by atoms with Crippen LogP contribution < -0.4 is 9.80 Å². The van der Waals surface area contributed by atoms with Gasteiger partial charge < -0.3 is 0 Å². The van der Waals surface area contributed by atoms with Gasteiger partial charge in [0.05, 0.1) is 23.6 Å². The van der Waals surface area contributed by atoms with Gasteiger partial charge in [-0.2, -0.15) is 0 Å². The molecule has 124 valence electrons. The average Bonchev–Trinajstić information content (AvgIpc) is 2.98. The molecule has 0 aromatic heterocycles. The number of nitrogens with zero attached hydrogens (tertiary/aromatic N) is 2. The molecule has 0 saturated carbocycles. The van der Waals surface area contributed by atoms with Crippen molar-refractivity contribution >= 4 is 27.2 Å². The van der Waals surface area contributed by atoms with Crippen LogP contribution in [-0.4, -0.2) is 38.0 Å². The van der Waals surface area contributed by atoms with Crippen LogP contribution in [0.5, 0.6) is 0 Å². The first-order valence-electron chi connectivity index (χ1n) is 7.91. The third kappa shape index (κ3) is 2.38. The number of carbonyl (C=O) groups is 1. The lowest BCUT2D eigenvalue weighted by atomic mass is 10.1. The fourth-order valence-electron chi connectivity index (χ4n) is 3.60. The molecule has 2 aliphatic heterocycles. The maximum Gasteiger partial charge on any atom is 0.329 e. The molecule has 0 radical (unpaired) electrons. The van der Waals surface area contributed by atoms with E-state index in [4.69, 9.17) is 0 Å². The first-order chi connectivity index (χ1) is 11.5. The zero-order chi connectivity index (χ0) is 16.9. The van der Waals surface area contributed by atoms with Crippen LogP contribution >= 0.6 is 0 Å². The molecular weight excluding hydrogens is 324 g/mol. The molecule has 2 fully saturated rings. The van der Waals surface area contributed by atoms with Gasteiger partial charge in [-0.25, -0.2) is 13.2 Å². The van der Waals surface area contributed by atoms with E-state index < -0.39 is 9.84 Å². The van der Waals surface area contributed by atoms with Gasteiger partial charge >= 0.3 is 6.03 Å². The summed E-state index contributed by atoms with van der Waals surface area (Å²) in [6.07, 6.45) is 0. The Morgan fingerprint density at radius 1 is 0.833 bits per heavy atom. The maximum absolute atomic E-state index is 13.1. The fraction of sp³-hybridized carbons (Fsp3) is 0.278. The Hall–Kier alpha value is -2.34. The van der Waals surface area contributed by atoms with E-state index in [1.165, 1.54) is 0 Å². The molecule has 0 aliphatic carbocycles. The highest BCUT2D eigenvalue weighted by Gasteiger charge is 2.54. The fourth-order valence-corrected chi connectivity index (χ4v) is 5.52. The molecule has 4 rings (SSSR count). The average molecular weight is 342 g/mol. The van der Waals surface area contributed by atoms with Crippen molar-refractivity contribution in [2.24, 2.45) is 0 Å². The predicted molar refractivity (Wildman–Crippen MR) is 94.2 cm³/mol. The number of urea groups is 1. The van der Waals surface area contributed by atoms with Gasteiger partial charge in [0.1, 0.15) is 0 Å². The largest absolute Gasteiger partial charge is 0.329 e. The Morgan fingerprint density at radius 2 is 1.33 bits per heavy atom. The summed E-state index contributed by atoms with van der Waals surface area (Å²) in [5.74, 6) is 0.0290. The number of hydrogen-bond acceptors (Lipinski definition) is 3. The number of anilines is 2. The van der Waals surface area contributed by atoms with Crippen molar-refractivity contribution < 1.29 is 13.2 Å². The summed E-state index contributed by atoms with van der Waals surface area (Å²) in [6, 6.07) is 16.1. The lowest BCUT2D eigenvalue weighted by Gasteiger charge is -2.22. The summed E-state index contributed by atoms with van der Waals surface area (Å²) >= 11 is 0. The second-order valence-electron chi connectivity index (χ2n) is 6.41. The molecule has 5 nitrogen and oxygen atoms in total. The van der Waals surface area contributed by atoms with Gasteiger partial charge in [-0.05, 0) is 31.2 Å². The molecule has 0 bridgehead atoms. The lowest BCUT2D eigenvalue weighted by molar-refractivity contribution is 0.255. The molecule has 2 aromatic carbocycles. The van der Waals surface area contributed by atoms with Gasteiger partial charge in [0.15, 0.2) is 9.84 Å². The Morgan fingerprint density at radius 3 is 1.88 bits per heavy atom. The Bertz CT molecular complexity index is 878. The summed E-state index contributed by atoms with van der Waals surface area (Å²) in [6.45, 7) is 1.98. The number of fused-ring (bicyclic) bond motifs is 1. The van der Waals surface area contributed by atoms with Crippen LogP contribution in [-0.2, 0) is 9.84 Å². The third-order valence-corrected chi connectivity index (χ3v) is 6.41. The summed E-state index contributed by atoms with van der Waals surface area (Å²) in [5.41, 5.74) is 2.58. The highest BCUT2D eigenvalue weighted by atomic mass is 32.2. The molecule has 2 aliphatic rings. The normalized spacial score (nSPS) is 25.1. The zero-order valence-electron chi connectivity index (χ0n) is 13.3. The van der Waals surface area contributed by atoms with Crippen LogP contribution in [0.25, 0.3) is 0 Å². The van der Waals surface area contributed by atoms with Crippen molar-refractivity contribution in [1.29, 1.82) is 0 Å². The van der Waals surface area contributed by atoms with Crippen molar-refractivity contribution in [2.75, 3.05) is 21.3 Å². The molecule has 0 unspecified atom stereocenters. The summed E-state index contributed by atoms with van der Waals surface area (Å²) in [5, 5.41) is 0. The minimum absolute atomic E-state index is 0.0145. The molecule has 0 spiro atoms. The van der Waals surface area contributed by atoms with Crippen molar-refractivity contribution in [1.82, 2.24) is 0 Å². The molecule has 2 saturated heterocycles. The van der Waals surface area contributed by atoms with Crippen LogP contribution in [0.15, 0.2) is 54.6 Å². The van der Waals surface area contributed by atoms with Crippen LogP contribution in [0.1, 0.15) is 5.56 Å². The van der Waals surface area contributed by atoms with Gasteiger partial charge in [-0.1, -0.05) is 35.9 Å². The van der Waals surface area contributed by atoms with Gasteiger partial charge in [0, 0.05) is 11.4 Å². The monoisotopic (exact) mass is 342 g/mol. The van der Waals surface area contributed by atoms with Crippen molar-refractivity contribution in [2.45, 2.75) is 19.0 Å². The van der Waals surface area contributed by atoms with E-state index in [1.54, 1.807) is 9.80 Å². The zero-order valence-corrected chi connectivity index (χ0v) is 14.1. The number of amides is 2. The van der Waals surface area contributed by atoms with Crippen molar-refractivity contribution in [3.63, 3.8) is 0 Å². The molecular formula is C18H18N2O3S. The number of rotatable bonds is 2. The highest BCUT2D eigenvalue weighted by Crippen LogP contribution is 2.37. The third-order valence-electron chi connectivity index (χ3n) is 4.72. The molecule has 2 atom stereocenters. The Balaban J connectivity index is 1.80. The highest BCUT2D eigenvalue weighted by molar-refractivity contribution is 7.91. The number of sulfone groups is 1. The van der Waals surface area contributed by atoms with Crippen LogP contribution in [0, 0.1) is 6.92 Å². The minimum atomic E-state index is -3.15. The van der Waals surface area contributed by atoms with Gasteiger partial charge in [-0.15, -0.1) is 0 Å². The second-order valence-corrected chi connectivity index (χ2v) is 8.56. The summed E-state index contributed by atoms with van der Waals surface area (Å²) in [7, 11) is -3.15. The van der Waals surface area contributed by atoms with E-state index in [9.17, 15) is 13.2 Å². The van der Waals surface area contributed by atoms with E-state index in [0.717, 1.165) is 16.9 Å². The number of carbonyl (C=O) groups excluding carboxylic acids is 1. The molecule has 2 aromatic rings. The predicted octanol–water partition coefficient (Wildman–Crippen LogP) is 2.61. The van der Waals surface area contributed by atoms with E-state index >= 15 is 0 Å².